The van der Waals surface area contributed by atoms with E-state index in [9.17, 15) is 9.59 Å². The molecule has 0 unspecified atom stereocenters. The fraction of sp³-hybridized carbons (Fsp3) is 0.0952. The van der Waals surface area contributed by atoms with E-state index < -0.39 is 5.97 Å². The summed E-state index contributed by atoms with van der Waals surface area (Å²) in [5.74, 6) is -0.686. The number of nitrogens with zero attached hydrogens (tertiary/aromatic N) is 2. The van der Waals surface area contributed by atoms with Gasteiger partial charge in [0.25, 0.3) is 0 Å². The van der Waals surface area contributed by atoms with Gasteiger partial charge in [-0.2, -0.15) is 0 Å². The number of esters is 1. The number of anilines is 2. The lowest BCUT2D eigenvalue weighted by atomic mass is 10.2. The van der Waals surface area contributed by atoms with Crippen molar-refractivity contribution in [3.8, 4) is 0 Å². The van der Waals surface area contributed by atoms with Gasteiger partial charge in [-0.1, -0.05) is 47.5 Å². The summed E-state index contributed by atoms with van der Waals surface area (Å²) < 4.78 is 5.22. The molecule has 0 radical (unpaired) electrons. The van der Waals surface area contributed by atoms with E-state index in [0.717, 1.165) is 5.69 Å². The molecule has 2 aromatic carbocycles. The Morgan fingerprint density at radius 3 is 2.62 bits per heavy atom. The number of hydrogen-bond acceptors (Lipinski definition) is 5. The van der Waals surface area contributed by atoms with Crippen molar-refractivity contribution in [1.29, 1.82) is 0 Å². The highest BCUT2D eigenvalue weighted by Crippen LogP contribution is 2.29. The number of rotatable bonds is 6. The van der Waals surface area contributed by atoms with E-state index in [1.54, 1.807) is 29.7 Å². The summed E-state index contributed by atoms with van der Waals surface area (Å²) in [7, 11) is 0. The number of thiazole rings is 1. The molecule has 0 saturated heterocycles. The van der Waals surface area contributed by atoms with Gasteiger partial charge in [0.1, 0.15) is 6.61 Å². The van der Waals surface area contributed by atoms with E-state index in [1.807, 2.05) is 30.3 Å². The molecule has 1 amide bonds. The fourth-order valence-electron chi connectivity index (χ4n) is 2.46. The van der Waals surface area contributed by atoms with Crippen LogP contribution in [0.15, 0.2) is 60.0 Å². The van der Waals surface area contributed by atoms with Crippen LogP contribution in [0.3, 0.4) is 0 Å². The van der Waals surface area contributed by atoms with Crippen LogP contribution in [0.4, 0.5) is 10.8 Å². The van der Waals surface area contributed by atoms with E-state index in [4.69, 9.17) is 27.9 Å². The van der Waals surface area contributed by atoms with Crippen LogP contribution in [-0.2, 0) is 20.9 Å². The molecule has 5 nitrogen and oxygen atoms in total. The van der Waals surface area contributed by atoms with Crippen molar-refractivity contribution in [3.63, 3.8) is 0 Å². The molecule has 1 aromatic heterocycles. The summed E-state index contributed by atoms with van der Waals surface area (Å²) in [6.07, 6.45) is 2.84. The highest BCUT2D eigenvalue weighted by Gasteiger charge is 2.17. The summed E-state index contributed by atoms with van der Waals surface area (Å²) in [5, 5.41) is 3.22. The second kappa shape index (κ2) is 9.69. The molecule has 148 valence electrons. The molecule has 0 aliphatic rings. The molecule has 1 heterocycles. The zero-order valence-corrected chi connectivity index (χ0v) is 17.7. The normalized spacial score (nSPS) is 10.9. The highest BCUT2D eigenvalue weighted by atomic mass is 35.5. The van der Waals surface area contributed by atoms with Gasteiger partial charge in [0.2, 0.25) is 5.91 Å². The van der Waals surface area contributed by atoms with E-state index in [2.05, 4.69) is 4.98 Å². The van der Waals surface area contributed by atoms with Crippen molar-refractivity contribution in [3.05, 3.63) is 81.3 Å². The molecule has 3 rings (SSSR count). The minimum Gasteiger partial charge on any atom is -0.456 e. The van der Waals surface area contributed by atoms with Crippen LogP contribution in [0.5, 0.6) is 0 Å². The largest absolute Gasteiger partial charge is 0.456 e. The van der Waals surface area contributed by atoms with E-state index >= 15 is 0 Å². The van der Waals surface area contributed by atoms with Gasteiger partial charge in [-0.25, -0.2) is 9.78 Å². The maximum atomic E-state index is 12.1. The molecule has 0 aliphatic carbocycles. The molecule has 0 aliphatic heterocycles. The first-order chi connectivity index (χ1) is 13.9. The number of hydrogen-bond donors (Lipinski definition) is 0. The zero-order chi connectivity index (χ0) is 20.8. The van der Waals surface area contributed by atoms with Crippen LogP contribution in [0.1, 0.15) is 18.2 Å². The number of carbonyl (C=O) groups excluding carboxylic acids is 2. The standard InChI is InChI=1S/C21H16Cl2N2O3S/c1-14(26)25(18-5-3-2-4-6-18)21-24-17(13-29-21)12-28-20(27)10-8-15-7-9-16(22)11-19(15)23/h2-11,13H,12H2,1H3/b10-8+. The van der Waals surface area contributed by atoms with Gasteiger partial charge in [0.15, 0.2) is 5.13 Å². The monoisotopic (exact) mass is 446 g/mol. The van der Waals surface area contributed by atoms with Crippen molar-refractivity contribution in [1.82, 2.24) is 4.98 Å². The molecular formula is C21H16Cl2N2O3S. The third kappa shape index (κ3) is 5.67. The minimum atomic E-state index is -0.531. The Kier molecular flexibility index (Phi) is 7.04. The van der Waals surface area contributed by atoms with Gasteiger partial charge in [0.05, 0.1) is 11.4 Å². The molecular weight excluding hydrogens is 431 g/mol. The summed E-state index contributed by atoms with van der Waals surface area (Å²) in [6, 6.07) is 14.2. The Hall–Kier alpha value is -2.67. The van der Waals surface area contributed by atoms with Crippen molar-refractivity contribution >= 4 is 63.3 Å². The Labute approximate surface area is 182 Å². The SMILES string of the molecule is CC(=O)N(c1ccccc1)c1nc(COC(=O)/C=C/c2ccc(Cl)cc2Cl)cs1. The Morgan fingerprint density at radius 1 is 1.17 bits per heavy atom. The molecule has 0 bridgehead atoms. The predicted octanol–water partition coefficient (Wildman–Crippen LogP) is 5.89. The van der Waals surface area contributed by atoms with Gasteiger partial charge in [-0.15, -0.1) is 11.3 Å². The quantitative estimate of drug-likeness (QED) is 0.349. The molecule has 0 atom stereocenters. The van der Waals surface area contributed by atoms with E-state index in [1.165, 1.54) is 29.2 Å². The summed E-state index contributed by atoms with van der Waals surface area (Å²) in [5.41, 5.74) is 1.93. The topological polar surface area (TPSA) is 59.5 Å². The molecule has 0 N–H and O–H groups in total. The van der Waals surface area contributed by atoms with E-state index in [0.29, 0.717) is 26.4 Å². The minimum absolute atomic E-state index is 0.00540. The lowest BCUT2D eigenvalue weighted by molar-refractivity contribution is -0.139. The second-order valence-electron chi connectivity index (χ2n) is 5.92. The Balaban J connectivity index is 1.63. The molecule has 3 aromatic rings. The molecule has 0 fully saturated rings. The van der Waals surface area contributed by atoms with Gasteiger partial charge in [0, 0.05) is 28.4 Å². The van der Waals surface area contributed by atoms with Crippen LogP contribution in [-0.4, -0.2) is 16.9 Å². The van der Waals surface area contributed by atoms with Crippen molar-refractivity contribution in [2.75, 3.05) is 4.90 Å². The number of benzene rings is 2. The third-order valence-electron chi connectivity index (χ3n) is 3.78. The maximum absolute atomic E-state index is 12.1. The summed E-state index contributed by atoms with van der Waals surface area (Å²) >= 11 is 13.2. The van der Waals surface area contributed by atoms with Gasteiger partial charge in [-0.3, -0.25) is 9.69 Å². The van der Waals surface area contributed by atoms with Crippen molar-refractivity contribution in [2.45, 2.75) is 13.5 Å². The maximum Gasteiger partial charge on any atom is 0.331 e. The lowest BCUT2D eigenvalue weighted by Gasteiger charge is -2.17. The van der Waals surface area contributed by atoms with Gasteiger partial charge < -0.3 is 4.74 Å². The zero-order valence-electron chi connectivity index (χ0n) is 15.3. The lowest BCUT2D eigenvalue weighted by Crippen LogP contribution is -2.22. The molecule has 8 heteroatoms. The number of carbonyl (C=O) groups is 2. The Morgan fingerprint density at radius 2 is 1.93 bits per heavy atom. The summed E-state index contributed by atoms with van der Waals surface area (Å²) in [4.78, 5) is 30.0. The molecule has 0 spiro atoms. The van der Waals surface area contributed by atoms with Crippen LogP contribution in [0.2, 0.25) is 10.0 Å². The van der Waals surface area contributed by atoms with Crippen molar-refractivity contribution < 1.29 is 14.3 Å². The van der Waals surface area contributed by atoms with Crippen LogP contribution in [0, 0.1) is 0 Å². The van der Waals surface area contributed by atoms with Gasteiger partial charge in [-0.05, 0) is 35.9 Å². The molecule has 29 heavy (non-hydrogen) atoms. The second-order valence-corrected chi connectivity index (χ2v) is 7.60. The average molecular weight is 447 g/mol. The predicted molar refractivity (Wildman–Crippen MR) is 117 cm³/mol. The Bertz CT molecular complexity index is 1050. The van der Waals surface area contributed by atoms with Crippen molar-refractivity contribution in [2.24, 2.45) is 0 Å². The molecule has 0 saturated carbocycles. The summed E-state index contributed by atoms with van der Waals surface area (Å²) in [6.45, 7) is 1.47. The first-order valence-corrected chi connectivity index (χ1v) is 10.2. The number of para-hydroxylation sites is 1. The smallest absolute Gasteiger partial charge is 0.331 e. The van der Waals surface area contributed by atoms with Crippen LogP contribution in [0.25, 0.3) is 6.08 Å². The highest BCUT2D eigenvalue weighted by molar-refractivity contribution is 7.14. The number of amides is 1. The average Bonchev–Trinajstić information content (AvgIpc) is 3.15. The van der Waals surface area contributed by atoms with Gasteiger partial charge >= 0.3 is 5.97 Å². The fourth-order valence-corrected chi connectivity index (χ4v) is 3.80. The first-order valence-electron chi connectivity index (χ1n) is 8.54. The van der Waals surface area contributed by atoms with E-state index in [-0.39, 0.29) is 12.5 Å². The first kappa shape index (κ1) is 21.0. The van der Waals surface area contributed by atoms with Crippen LogP contribution < -0.4 is 4.90 Å². The number of halogens is 2. The number of aromatic nitrogens is 1. The number of ether oxygens (including phenoxy) is 1. The third-order valence-corrected chi connectivity index (χ3v) is 5.22. The van der Waals surface area contributed by atoms with Crippen LogP contribution >= 0.6 is 34.5 Å².